The van der Waals surface area contributed by atoms with Gasteiger partial charge in [-0.25, -0.2) is 4.98 Å². The summed E-state index contributed by atoms with van der Waals surface area (Å²) in [5.41, 5.74) is 1.37. The van der Waals surface area contributed by atoms with E-state index >= 15 is 0 Å². The molecule has 2 heterocycles. The van der Waals surface area contributed by atoms with Crippen LogP contribution >= 0.6 is 0 Å². The first-order valence-corrected chi connectivity index (χ1v) is 8.39. The molecule has 1 saturated heterocycles. The summed E-state index contributed by atoms with van der Waals surface area (Å²) in [7, 11) is 0. The molecule has 24 heavy (non-hydrogen) atoms. The zero-order valence-electron chi connectivity index (χ0n) is 14.0. The zero-order valence-corrected chi connectivity index (χ0v) is 14.0. The maximum absolute atomic E-state index is 12.6. The van der Waals surface area contributed by atoms with Crippen LogP contribution in [0.2, 0.25) is 0 Å². The highest BCUT2D eigenvalue weighted by Gasteiger charge is 2.14. The molecule has 2 aromatic rings. The number of carbonyl (C=O) groups excluding carboxylic acids is 1. The second-order valence-electron chi connectivity index (χ2n) is 5.67. The largest absolute Gasteiger partial charge is 0.478 e. The van der Waals surface area contributed by atoms with Crippen molar-refractivity contribution in [2.75, 3.05) is 46.0 Å². The SMILES string of the molecule is CCOc1cc(C(=O)NCCN2CCOCC2)c2ccccc2n1. The lowest BCUT2D eigenvalue weighted by molar-refractivity contribution is 0.0383. The highest BCUT2D eigenvalue weighted by Crippen LogP contribution is 2.22. The maximum Gasteiger partial charge on any atom is 0.252 e. The summed E-state index contributed by atoms with van der Waals surface area (Å²) in [4.78, 5) is 19.3. The molecule has 1 amide bonds. The van der Waals surface area contributed by atoms with Crippen molar-refractivity contribution >= 4 is 16.8 Å². The Morgan fingerprint density at radius 1 is 1.33 bits per heavy atom. The fourth-order valence-electron chi connectivity index (χ4n) is 2.81. The van der Waals surface area contributed by atoms with Crippen molar-refractivity contribution < 1.29 is 14.3 Å². The molecule has 0 saturated carbocycles. The van der Waals surface area contributed by atoms with Gasteiger partial charge in [-0.3, -0.25) is 9.69 Å². The van der Waals surface area contributed by atoms with Gasteiger partial charge in [0, 0.05) is 37.6 Å². The normalized spacial score (nSPS) is 15.4. The third-order valence-electron chi connectivity index (χ3n) is 4.05. The van der Waals surface area contributed by atoms with Crippen molar-refractivity contribution in [1.82, 2.24) is 15.2 Å². The summed E-state index contributed by atoms with van der Waals surface area (Å²) in [6.45, 7) is 7.23. The van der Waals surface area contributed by atoms with Gasteiger partial charge in [-0.2, -0.15) is 0 Å². The number of para-hydroxylation sites is 1. The summed E-state index contributed by atoms with van der Waals surface area (Å²) in [5.74, 6) is 0.386. The van der Waals surface area contributed by atoms with Gasteiger partial charge in [-0.05, 0) is 13.0 Å². The van der Waals surface area contributed by atoms with E-state index in [1.165, 1.54) is 0 Å². The molecule has 1 fully saturated rings. The van der Waals surface area contributed by atoms with Crippen molar-refractivity contribution in [3.8, 4) is 5.88 Å². The lowest BCUT2D eigenvalue weighted by atomic mass is 10.1. The number of ether oxygens (including phenoxy) is 2. The van der Waals surface area contributed by atoms with Crippen LogP contribution in [0.15, 0.2) is 30.3 Å². The molecule has 1 aromatic heterocycles. The van der Waals surface area contributed by atoms with Crippen LogP contribution in [0, 0.1) is 0 Å². The van der Waals surface area contributed by atoms with Crippen molar-refractivity contribution in [1.29, 1.82) is 0 Å². The molecule has 6 nitrogen and oxygen atoms in total. The number of rotatable bonds is 6. The topological polar surface area (TPSA) is 63.7 Å². The van der Waals surface area contributed by atoms with Crippen LogP contribution in [-0.4, -0.2) is 61.8 Å². The number of morpholine rings is 1. The van der Waals surface area contributed by atoms with Crippen molar-refractivity contribution in [2.24, 2.45) is 0 Å². The summed E-state index contributed by atoms with van der Waals surface area (Å²) >= 11 is 0. The number of fused-ring (bicyclic) bond motifs is 1. The van der Waals surface area contributed by atoms with Gasteiger partial charge in [0.05, 0.1) is 30.9 Å². The smallest absolute Gasteiger partial charge is 0.252 e. The first kappa shape index (κ1) is 16.7. The lowest BCUT2D eigenvalue weighted by Gasteiger charge is -2.26. The van der Waals surface area contributed by atoms with Crippen LogP contribution in [-0.2, 0) is 4.74 Å². The Morgan fingerprint density at radius 2 is 2.12 bits per heavy atom. The number of nitrogens with zero attached hydrogens (tertiary/aromatic N) is 2. The number of nitrogens with one attached hydrogen (secondary N) is 1. The molecule has 0 radical (unpaired) electrons. The van der Waals surface area contributed by atoms with Gasteiger partial charge in [-0.1, -0.05) is 18.2 Å². The third-order valence-corrected chi connectivity index (χ3v) is 4.05. The first-order chi connectivity index (χ1) is 11.8. The lowest BCUT2D eigenvalue weighted by Crippen LogP contribution is -2.41. The van der Waals surface area contributed by atoms with E-state index in [0.717, 1.165) is 43.8 Å². The maximum atomic E-state index is 12.6. The molecule has 1 aromatic carbocycles. The van der Waals surface area contributed by atoms with E-state index in [1.807, 2.05) is 31.2 Å². The highest BCUT2D eigenvalue weighted by molar-refractivity contribution is 6.06. The fourth-order valence-corrected chi connectivity index (χ4v) is 2.81. The minimum absolute atomic E-state index is 0.0946. The number of aromatic nitrogens is 1. The number of hydrogen-bond acceptors (Lipinski definition) is 5. The third kappa shape index (κ3) is 4.01. The number of benzene rings is 1. The number of carbonyl (C=O) groups is 1. The quantitative estimate of drug-likeness (QED) is 0.874. The average molecular weight is 329 g/mol. The Bertz CT molecular complexity index is 699. The molecular weight excluding hydrogens is 306 g/mol. The predicted molar refractivity (Wildman–Crippen MR) is 92.5 cm³/mol. The van der Waals surface area contributed by atoms with Gasteiger partial charge in [0.2, 0.25) is 5.88 Å². The predicted octanol–water partition coefficient (Wildman–Crippen LogP) is 1.70. The number of hydrogen-bond donors (Lipinski definition) is 1. The minimum Gasteiger partial charge on any atom is -0.478 e. The van der Waals surface area contributed by atoms with Gasteiger partial charge in [0.15, 0.2) is 0 Å². The molecule has 0 atom stereocenters. The fraction of sp³-hybridized carbons (Fsp3) is 0.444. The van der Waals surface area contributed by atoms with E-state index < -0.39 is 0 Å². The van der Waals surface area contributed by atoms with E-state index in [-0.39, 0.29) is 5.91 Å². The molecule has 0 bridgehead atoms. The Balaban J connectivity index is 1.70. The van der Waals surface area contributed by atoms with E-state index in [2.05, 4.69) is 15.2 Å². The van der Waals surface area contributed by atoms with Crippen molar-refractivity contribution in [3.63, 3.8) is 0 Å². The van der Waals surface area contributed by atoms with Crippen LogP contribution in [0.4, 0.5) is 0 Å². The van der Waals surface area contributed by atoms with Gasteiger partial charge in [-0.15, -0.1) is 0 Å². The molecule has 0 unspecified atom stereocenters. The Hall–Kier alpha value is -2.18. The Kier molecular flexibility index (Phi) is 5.61. The second kappa shape index (κ2) is 8.08. The van der Waals surface area contributed by atoms with Gasteiger partial charge >= 0.3 is 0 Å². The second-order valence-corrected chi connectivity index (χ2v) is 5.67. The van der Waals surface area contributed by atoms with Gasteiger partial charge < -0.3 is 14.8 Å². The van der Waals surface area contributed by atoms with Crippen LogP contribution in [0.1, 0.15) is 17.3 Å². The molecule has 3 rings (SSSR count). The highest BCUT2D eigenvalue weighted by atomic mass is 16.5. The first-order valence-electron chi connectivity index (χ1n) is 8.39. The molecule has 6 heteroatoms. The molecular formula is C18H23N3O3. The molecule has 0 aliphatic carbocycles. The Morgan fingerprint density at radius 3 is 2.92 bits per heavy atom. The minimum atomic E-state index is -0.0946. The molecule has 1 aliphatic rings. The summed E-state index contributed by atoms with van der Waals surface area (Å²) in [5, 5.41) is 3.84. The van der Waals surface area contributed by atoms with Crippen LogP contribution in [0.3, 0.4) is 0 Å². The molecule has 1 N–H and O–H groups in total. The van der Waals surface area contributed by atoms with E-state index in [4.69, 9.17) is 9.47 Å². The summed E-state index contributed by atoms with van der Waals surface area (Å²) in [6.07, 6.45) is 0. The van der Waals surface area contributed by atoms with E-state index in [9.17, 15) is 4.79 Å². The van der Waals surface area contributed by atoms with E-state index in [0.29, 0.717) is 24.6 Å². The zero-order chi connectivity index (χ0) is 16.8. The monoisotopic (exact) mass is 329 g/mol. The van der Waals surface area contributed by atoms with Crippen molar-refractivity contribution in [3.05, 3.63) is 35.9 Å². The van der Waals surface area contributed by atoms with Gasteiger partial charge in [0.1, 0.15) is 0 Å². The average Bonchev–Trinajstić information content (AvgIpc) is 2.62. The van der Waals surface area contributed by atoms with Gasteiger partial charge in [0.25, 0.3) is 5.91 Å². The summed E-state index contributed by atoms with van der Waals surface area (Å²) < 4.78 is 10.8. The number of amides is 1. The summed E-state index contributed by atoms with van der Waals surface area (Å²) in [6, 6.07) is 9.34. The van der Waals surface area contributed by atoms with Crippen molar-refractivity contribution in [2.45, 2.75) is 6.92 Å². The van der Waals surface area contributed by atoms with Crippen LogP contribution < -0.4 is 10.1 Å². The van der Waals surface area contributed by atoms with Crippen LogP contribution in [0.5, 0.6) is 5.88 Å². The van der Waals surface area contributed by atoms with Crippen LogP contribution in [0.25, 0.3) is 10.9 Å². The number of pyridine rings is 1. The molecule has 128 valence electrons. The van der Waals surface area contributed by atoms with E-state index in [1.54, 1.807) is 6.07 Å². The standard InChI is InChI=1S/C18H23N3O3/c1-2-24-17-13-15(14-5-3-4-6-16(14)20-17)18(22)19-7-8-21-9-11-23-12-10-21/h3-6,13H,2,7-12H2,1H3,(H,19,22). The molecule has 1 aliphatic heterocycles. The molecule has 0 spiro atoms. The Labute approximate surface area is 141 Å².